The molecule has 0 aliphatic carbocycles. The predicted molar refractivity (Wildman–Crippen MR) is 61.5 cm³/mol. The molecule has 95 valence electrons. The van der Waals surface area contributed by atoms with E-state index in [-0.39, 0.29) is 17.5 Å². The highest BCUT2D eigenvalue weighted by Crippen LogP contribution is 2.17. The van der Waals surface area contributed by atoms with Crippen LogP contribution in [0, 0.1) is 0 Å². The van der Waals surface area contributed by atoms with Crippen molar-refractivity contribution >= 4 is 23.8 Å². The van der Waals surface area contributed by atoms with Gasteiger partial charge in [-0.25, -0.2) is 9.78 Å². The molecule has 1 aliphatic rings. The van der Waals surface area contributed by atoms with Crippen molar-refractivity contribution in [3.8, 4) is 0 Å². The lowest BCUT2D eigenvalue weighted by molar-refractivity contribution is 0.0561. The Hall–Kier alpha value is -2.38. The number of carbonyl (C=O) groups excluding carboxylic acids is 2. The molecule has 0 unspecified atom stereocenters. The maximum atomic E-state index is 11.5. The number of carbonyl (C=O) groups is 2. The van der Waals surface area contributed by atoms with E-state index in [4.69, 9.17) is 4.74 Å². The fourth-order valence-corrected chi connectivity index (χ4v) is 1.26. The van der Waals surface area contributed by atoms with Crippen LogP contribution >= 0.6 is 0 Å². The maximum Gasteiger partial charge on any atom is 0.414 e. The first kappa shape index (κ1) is 12.1. The van der Waals surface area contributed by atoms with E-state index in [1.165, 1.54) is 6.33 Å². The largest absolute Gasteiger partial charge is 0.444 e. The van der Waals surface area contributed by atoms with E-state index in [0.29, 0.717) is 0 Å². The van der Waals surface area contributed by atoms with Crippen molar-refractivity contribution in [1.82, 2.24) is 20.6 Å². The standard InChI is InChI=1S/C10H12N5O3/c1-10(2,3)18-9(17)15-8-13-6-5(7(16)14-8)11-4-12-6/h4H,1-3H3,(H,11,12)(H,13,15,17). The summed E-state index contributed by atoms with van der Waals surface area (Å²) in [6.45, 7) is 5.18. The second-order valence-electron chi connectivity index (χ2n) is 4.58. The highest BCUT2D eigenvalue weighted by molar-refractivity contribution is 6.12. The number of hydrogen-bond donors (Lipinski definition) is 2. The number of H-pyrrole nitrogens is 1. The van der Waals surface area contributed by atoms with E-state index in [9.17, 15) is 9.59 Å². The molecule has 0 fully saturated rings. The number of amides is 2. The summed E-state index contributed by atoms with van der Waals surface area (Å²) < 4.78 is 5.02. The third-order valence-electron chi connectivity index (χ3n) is 1.86. The van der Waals surface area contributed by atoms with Crippen molar-refractivity contribution in [2.45, 2.75) is 26.4 Å². The van der Waals surface area contributed by atoms with Gasteiger partial charge < -0.3 is 9.72 Å². The minimum Gasteiger partial charge on any atom is -0.444 e. The van der Waals surface area contributed by atoms with Crippen molar-refractivity contribution in [1.29, 1.82) is 0 Å². The summed E-state index contributed by atoms with van der Waals surface area (Å²) in [4.78, 5) is 33.3. The summed E-state index contributed by atoms with van der Waals surface area (Å²) in [5, 5.41) is 5.87. The molecule has 0 atom stereocenters. The lowest BCUT2D eigenvalue weighted by Crippen LogP contribution is -2.43. The van der Waals surface area contributed by atoms with Crippen LogP contribution in [0.4, 0.5) is 10.6 Å². The molecule has 2 N–H and O–H groups in total. The van der Waals surface area contributed by atoms with E-state index < -0.39 is 17.6 Å². The second-order valence-corrected chi connectivity index (χ2v) is 4.58. The molecule has 0 aromatic carbocycles. The SMILES string of the molecule is CC(C)(C)OC(=O)NC1=Nc2[nH]cnc2C(=O)[N]1. The molecule has 2 rings (SSSR count). The second kappa shape index (κ2) is 4.13. The Labute approximate surface area is 103 Å². The molecule has 18 heavy (non-hydrogen) atoms. The lowest BCUT2D eigenvalue weighted by atomic mass is 10.2. The Morgan fingerprint density at radius 2 is 2.17 bits per heavy atom. The molecule has 0 bridgehead atoms. The van der Waals surface area contributed by atoms with Gasteiger partial charge in [-0.3, -0.25) is 10.1 Å². The average Bonchev–Trinajstić information content (AvgIpc) is 2.62. The molecule has 8 heteroatoms. The smallest absolute Gasteiger partial charge is 0.414 e. The van der Waals surface area contributed by atoms with Gasteiger partial charge in [0.25, 0.3) is 0 Å². The number of nitrogens with one attached hydrogen (secondary N) is 2. The van der Waals surface area contributed by atoms with Crippen LogP contribution < -0.4 is 10.6 Å². The summed E-state index contributed by atoms with van der Waals surface area (Å²) in [5.74, 6) is -0.417. The number of guanidine groups is 1. The normalized spacial score (nSPS) is 14.4. The molecule has 2 heterocycles. The highest BCUT2D eigenvalue weighted by atomic mass is 16.6. The fraction of sp³-hybridized carbons (Fsp3) is 0.400. The number of imidazole rings is 1. The lowest BCUT2D eigenvalue weighted by Gasteiger charge is -2.20. The molecule has 1 aromatic heterocycles. The summed E-state index contributed by atoms with van der Waals surface area (Å²) >= 11 is 0. The molecule has 1 aromatic rings. The van der Waals surface area contributed by atoms with Crippen molar-refractivity contribution in [3.05, 3.63) is 12.0 Å². The van der Waals surface area contributed by atoms with Crippen molar-refractivity contribution in [2.75, 3.05) is 0 Å². The number of aromatic amines is 1. The summed E-state index contributed by atoms with van der Waals surface area (Å²) in [7, 11) is 0. The van der Waals surface area contributed by atoms with Crippen LogP contribution in [0.2, 0.25) is 0 Å². The van der Waals surface area contributed by atoms with Crippen molar-refractivity contribution in [2.24, 2.45) is 4.99 Å². The first-order chi connectivity index (χ1) is 8.35. The van der Waals surface area contributed by atoms with Crippen LogP contribution in [-0.4, -0.2) is 33.5 Å². The van der Waals surface area contributed by atoms with E-state index in [0.717, 1.165) is 0 Å². The molecule has 0 saturated heterocycles. The molecule has 0 spiro atoms. The van der Waals surface area contributed by atoms with Crippen molar-refractivity contribution < 1.29 is 14.3 Å². The van der Waals surface area contributed by atoms with Gasteiger partial charge in [0.2, 0.25) is 5.96 Å². The summed E-state index contributed by atoms with van der Waals surface area (Å²) in [6.07, 6.45) is 0.610. The van der Waals surface area contributed by atoms with Crippen LogP contribution in [0.1, 0.15) is 31.3 Å². The van der Waals surface area contributed by atoms with E-state index in [2.05, 4.69) is 25.6 Å². The van der Waals surface area contributed by atoms with Crippen LogP contribution in [0.25, 0.3) is 0 Å². The van der Waals surface area contributed by atoms with Gasteiger partial charge in [0.1, 0.15) is 5.60 Å². The van der Waals surface area contributed by atoms with Gasteiger partial charge in [0.05, 0.1) is 6.33 Å². The highest BCUT2D eigenvalue weighted by Gasteiger charge is 2.26. The van der Waals surface area contributed by atoms with Gasteiger partial charge in [-0.05, 0) is 20.8 Å². The summed E-state index contributed by atoms with van der Waals surface area (Å²) in [5.41, 5.74) is -0.507. The number of ether oxygens (including phenoxy) is 1. The molecule has 8 nitrogen and oxygen atoms in total. The van der Waals surface area contributed by atoms with E-state index in [1.807, 2.05) is 0 Å². The van der Waals surface area contributed by atoms with Crippen LogP contribution in [0.15, 0.2) is 11.3 Å². The van der Waals surface area contributed by atoms with E-state index >= 15 is 0 Å². The van der Waals surface area contributed by atoms with Gasteiger partial charge in [-0.2, -0.15) is 10.3 Å². The minimum absolute atomic E-state index is 0.119. The van der Waals surface area contributed by atoms with Crippen LogP contribution in [0.5, 0.6) is 0 Å². The number of rotatable bonds is 0. The third-order valence-corrected chi connectivity index (χ3v) is 1.86. The Kier molecular flexibility index (Phi) is 2.77. The van der Waals surface area contributed by atoms with Gasteiger partial charge in [0, 0.05) is 0 Å². The number of fused-ring (bicyclic) bond motifs is 1. The Morgan fingerprint density at radius 3 is 2.83 bits per heavy atom. The molecule has 1 aliphatic heterocycles. The number of aliphatic imine (C=N–C) groups is 1. The number of hydrogen-bond acceptors (Lipinski definition) is 5. The number of aromatic nitrogens is 2. The Morgan fingerprint density at radius 1 is 1.44 bits per heavy atom. The van der Waals surface area contributed by atoms with E-state index in [1.54, 1.807) is 20.8 Å². The quantitative estimate of drug-likeness (QED) is 0.705. The fourth-order valence-electron chi connectivity index (χ4n) is 1.26. The zero-order valence-corrected chi connectivity index (χ0v) is 10.1. The minimum atomic E-state index is -0.722. The first-order valence-electron chi connectivity index (χ1n) is 5.23. The topological polar surface area (TPSA) is 111 Å². The molecular weight excluding hydrogens is 238 g/mol. The summed E-state index contributed by atoms with van der Waals surface area (Å²) in [6, 6.07) is 0. The molecule has 2 amide bonds. The Bertz CT molecular complexity index is 526. The first-order valence-corrected chi connectivity index (χ1v) is 5.23. The van der Waals surface area contributed by atoms with Gasteiger partial charge in [0.15, 0.2) is 11.5 Å². The predicted octanol–water partition coefficient (Wildman–Crippen LogP) is 0.680. The molecular formula is C10H12N5O3. The zero-order chi connectivity index (χ0) is 13.3. The average molecular weight is 250 g/mol. The van der Waals surface area contributed by atoms with Crippen molar-refractivity contribution in [3.63, 3.8) is 0 Å². The van der Waals surface area contributed by atoms with Gasteiger partial charge in [-0.15, -0.1) is 0 Å². The van der Waals surface area contributed by atoms with Gasteiger partial charge >= 0.3 is 12.0 Å². The van der Waals surface area contributed by atoms with Crippen LogP contribution in [0.3, 0.4) is 0 Å². The molecule has 0 saturated carbocycles. The monoisotopic (exact) mass is 250 g/mol. The number of alkyl carbamates (subject to hydrolysis) is 1. The third kappa shape index (κ3) is 2.65. The van der Waals surface area contributed by atoms with Crippen LogP contribution in [-0.2, 0) is 4.74 Å². The number of nitrogens with zero attached hydrogens (tertiary/aromatic N) is 3. The Balaban J connectivity index is 2.08. The maximum absolute atomic E-state index is 11.5. The van der Waals surface area contributed by atoms with Gasteiger partial charge in [-0.1, -0.05) is 0 Å². The zero-order valence-electron chi connectivity index (χ0n) is 10.1. The molecule has 1 radical (unpaired) electrons.